The smallest absolute Gasteiger partial charge is 0.243 e. The second-order valence-electron chi connectivity index (χ2n) is 7.08. The minimum Gasteiger partial charge on any atom is -0.373 e. The summed E-state index contributed by atoms with van der Waals surface area (Å²) in [5.74, 6) is -0.0667. The minimum absolute atomic E-state index is 0.0667. The van der Waals surface area contributed by atoms with Gasteiger partial charge in [0.25, 0.3) is 0 Å². The van der Waals surface area contributed by atoms with Gasteiger partial charge < -0.3 is 10.1 Å². The first-order valence-electron chi connectivity index (χ1n) is 9.42. The summed E-state index contributed by atoms with van der Waals surface area (Å²) < 4.78 is 32.8. The van der Waals surface area contributed by atoms with Crippen LogP contribution in [0.4, 0.5) is 5.69 Å². The maximum atomic E-state index is 12.8. The van der Waals surface area contributed by atoms with Crippen molar-refractivity contribution in [3.05, 3.63) is 46.7 Å². The van der Waals surface area contributed by atoms with E-state index in [1.807, 2.05) is 25.3 Å². The van der Waals surface area contributed by atoms with Crippen LogP contribution < -0.4 is 5.32 Å². The summed E-state index contributed by atoms with van der Waals surface area (Å²) in [6.45, 7) is 4.43. The Hall–Kier alpha value is -1.74. The first-order valence-corrected chi connectivity index (χ1v) is 11.7. The van der Waals surface area contributed by atoms with Gasteiger partial charge in [0, 0.05) is 30.1 Å². The summed E-state index contributed by atoms with van der Waals surface area (Å²) >= 11 is 1.69. The normalized spacial score (nSPS) is 20.8. The van der Waals surface area contributed by atoms with Gasteiger partial charge in [-0.15, -0.1) is 11.3 Å². The van der Waals surface area contributed by atoms with Crippen molar-refractivity contribution in [3.8, 4) is 0 Å². The molecule has 0 radical (unpaired) electrons. The van der Waals surface area contributed by atoms with Crippen LogP contribution >= 0.6 is 11.3 Å². The Kier molecular flexibility index (Phi) is 6.87. The van der Waals surface area contributed by atoms with Crippen molar-refractivity contribution in [1.29, 1.82) is 0 Å². The number of hydrogen-bond donors (Lipinski definition) is 1. The summed E-state index contributed by atoms with van der Waals surface area (Å²) in [6, 6.07) is 10.4. The average Bonchev–Trinajstić information content (AvgIpc) is 3.15. The maximum Gasteiger partial charge on any atom is 0.243 e. The fraction of sp³-hybridized carbons (Fsp3) is 0.450. The fourth-order valence-corrected chi connectivity index (χ4v) is 5.63. The van der Waals surface area contributed by atoms with Crippen molar-refractivity contribution in [2.75, 3.05) is 18.4 Å². The molecule has 0 aliphatic carbocycles. The number of thiophene rings is 1. The fourth-order valence-electron chi connectivity index (χ4n) is 3.29. The lowest BCUT2D eigenvalue weighted by molar-refractivity contribution is -0.116. The number of ether oxygens (including phenoxy) is 1. The van der Waals surface area contributed by atoms with Crippen molar-refractivity contribution < 1.29 is 17.9 Å². The zero-order valence-corrected chi connectivity index (χ0v) is 17.8. The molecule has 28 heavy (non-hydrogen) atoms. The van der Waals surface area contributed by atoms with E-state index < -0.39 is 10.0 Å². The van der Waals surface area contributed by atoms with Crippen molar-refractivity contribution >= 4 is 33.0 Å². The highest BCUT2D eigenvalue weighted by Gasteiger charge is 2.32. The first-order chi connectivity index (χ1) is 13.3. The number of anilines is 1. The molecule has 0 bridgehead atoms. The third-order valence-electron chi connectivity index (χ3n) is 4.57. The molecule has 2 atom stereocenters. The summed E-state index contributed by atoms with van der Waals surface area (Å²) in [6.07, 6.45) is 1.84. The largest absolute Gasteiger partial charge is 0.373 e. The monoisotopic (exact) mass is 422 g/mol. The van der Waals surface area contributed by atoms with Crippen LogP contribution in [0.5, 0.6) is 0 Å². The standard InChI is InChI=1S/C20H26N2O4S2/c1-15-13-22(14-16(2)26-15)28(24,25)19-10-8-17(9-11-19)21-20(23)7-3-5-18-6-4-12-27-18/h4,6,8-12,15-16H,3,5,7,13-14H2,1-2H3,(H,21,23). The highest BCUT2D eigenvalue weighted by atomic mass is 32.2. The average molecular weight is 423 g/mol. The van der Waals surface area contributed by atoms with Crippen molar-refractivity contribution in [2.24, 2.45) is 0 Å². The topological polar surface area (TPSA) is 75.7 Å². The van der Waals surface area contributed by atoms with Crippen molar-refractivity contribution in [3.63, 3.8) is 0 Å². The molecule has 1 fully saturated rings. The number of aryl methyl sites for hydroxylation is 1. The van der Waals surface area contributed by atoms with E-state index in [1.54, 1.807) is 35.6 Å². The number of carbonyl (C=O) groups excluding carboxylic acids is 1. The van der Waals surface area contributed by atoms with Gasteiger partial charge in [0.1, 0.15) is 0 Å². The second-order valence-corrected chi connectivity index (χ2v) is 10.1. The van der Waals surface area contributed by atoms with Crippen LogP contribution in [0.1, 0.15) is 31.6 Å². The van der Waals surface area contributed by atoms with Crippen LogP contribution in [0.2, 0.25) is 0 Å². The SMILES string of the molecule is CC1CN(S(=O)(=O)c2ccc(NC(=O)CCCc3cccs3)cc2)CC(C)O1. The number of sulfonamides is 1. The molecule has 1 amide bonds. The zero-order valence-electron chi connectivity index (χ0n) is 16.1. The van der Waals surface area contributed by atoms with Gasteiger partial charge in [-0.3, -0.25) is 4.79 Å². The minimum atomic E-state index is -3.57. The first kappa shape index (κ1) is 21.0. The Bertz CT molecular complexity index is 869. The molecule has 2 unspecified atom stereocenters. The van der Waals surface area contributed by atoms with Crippen LogP contribution in [-0.2, 0) is 26.0 Å². The highest BCUT2D eigenvalue weighted by molar-refractivity contribution is 7.89. The summed E-state index contributed by atoms with van der Waals surface area (Å²) in [5.41, 5.74) is 0.601. The lowest BCUT2D eigenvalue weighted by Crippen LogP contribution is -2.48. The van der Waals surface area contributed by atoms with Crippen LogP contribution in [0.15, 0.2) is 46.7 Å². The predicted molar refractivity (Wildman–Crippen MR) is 111 cm³/mol. The van der Waals surface area contributed by atoms with Gasteiger partial charge in [-0.25, -0.2) is 8.42 Å². The second kappa shape index (κ2) is 9.17. The Morgan fingerprint density at radius 1 is 1.18 bits per heavy atom. The van der Waals surface area contributed by atoms with Crippen LogP contribution in [0.3, 0.4) is 0 Å². The summed E-state index contributed by atoms with van der Waals surface area (Å²) in [5, 5.41) is 4.86. The summed E-state index contributed by atoms with van der Waals surface area (Å²) in [4.78, 5) is 13.6. The molecule has 1 aliphatic heterocycles. The van der Waals surface area contributed by atoms with E-state index in [2.05, 4.69) is 11.4 Å². The predicted octanol–water partition coefficient (Wildman–Crippen LogP) is 3.51. The molecule has 6 nitrogen and oxygen atoms in total. The molecule has 0 saturated carbocycles. The summed E-state index contributed by atoms with van der Waals surface area (Å²) in [7, 11) is -3.57. The number of morpholine rings is 1. The van der Waals surface area contributed by atoms with E-state index in [4.69, 9.17) is 4.74 Å². The molecule has 1 saturated heterocycles. The highest BCUT2D eigenvalue weighted by Crippen LogP contribution is 2.22. The molecule has 1 aromatic heterocycles. The third kappa shape index (κ3) is 5.41. The third-order valence-corrected chi connectivity index (χ3v) is 7.35. The number of hydrogen-bond acceptors (Lipinski definition) is 5. The lowest BCUT2D eigenvalue weighted by atomic mass is 10.2. The molecular formula is C20H26N2O4S2. The number of rotatable bonds is 7. The Morgan fingerprint density at radius 2 is 1.86 bits per heavy atom. The number of amides is 1. The van der Waals surface area contributed by atoms with Gasteiger partial charge in [0.2, 0.25) is 15.9 Å². The van der Waals surface area contributed by atoms with Gasteiger partial charge in [-0.1, -0.05) is 6.07 Å². The van der Waals surface area contributed by atoms with E-state index in [0.29, 0.717) is 25.2 Å². The van der Waals surface area contributed by atoms with E-state index in [1.165, 1.54) is 9.18 Å². The zero-order chi connectivity index (χ0) is 20.1. The molecule has 2 heterocycles. The molecule has 2 aromatic rings. The Labute approximate surface area is 170 Å². The molecule has 0 spiro atoms. The van der Waals surface area contributed by atoms with Crippen molar-refractivity contribution in [1.82, 2.24) is 4.31 Å². The number of nitrogens with one attached hydrogen (secondary N) is 1. The lowest BCUT2D eigenvalue weighted by Gasteiger charge is -2.34. The van der Waals surface area contributed by atoms with Crippen LogP contribution in [-0.4, -0.2) is 43.9 Å². The van der Waals surface area contributed by atoms with E-state index >= 15 is 0 Å². The molecule has 1 N–H and O–H groups in total. The van der Waals surface area contributed by atoms with E-state index in [9.17, 15) is 13.2 Å². The molecule has 152 valence electrons. The molecule has 1 aliphatic rings. The quantitative estimate of drug-likeness (QED) is 0.741. The molecular weight excluding hydrogens is 396 g/mol. The van der Waals surface area contributed by atoms with Gasteiger partial charge in [-0.2, -0.15) is 4.31 Å². The van der Waals surface area contributed by atoms with E-state index in [-0.39, 0.29) is 23.0 Å². The number of carbonyl (C=O) groups is 1. The Morgan fingerprint density at radius 3 is 2.46 bits per heavy atom. The van der Waals surface area contributed by atoms with Gasteiger partial charge in [0.05, 0.1) is 17.1 Å². The number of nitrogens with zero attached hydrogens (tertiary/aromatic N) is 1. The number of benzene rings is 1. The molecule has 8 heteroatoms. The van der Waals surface area contributed by atoms with Crippen LogP contribution in [0, 0.1) is 0 Å². The molecule has 1 aromatic carbocycles. The van der Waals surface area contributed by atoms with Gasteiger partial charge in [0.15, 0.2) is 0 Å². The van der Waals surface area contributed by atoms with Gasteiger partial charge >= 0.3 is 0 Å². The molecule has 3 rings (SSSR count). The van der Waals surface area contributed by atoms with Gasteiger partial charge in [-0.05, 0) is 62.4 Å². The van der Waals surface area contributed by atoms with Crippen LogP contribution in [0.25, 0.3) is 0 Å². The Balaban J connectivity index is 1.55. The maximum absolute atomic E-state index is 12.8. The van der Waals surface area contributed by atoms with E-state index in [0.717, 1.165) is 12.8 Å². The van der Waals surface area contributed by atoms with Crippen molar-refractivity contribution in [2.45, 2.75) is 50.2 Å².